The van der Waals surface area contributed by atoms with Gasteiger partial charge in [-0.2, -0.15) is 0 Å². The molecule has 1 unspecified atom stereocenters. The van der Waals surface area contributed by atoms with Crippen LogP contribution in [0.3, 0.4) is 0 Å². The molecule has 1 saturated heterocycles. The van der Waals surface area contributed by atoms with Crippen molar-refractivity contribution < 1.29 is 28.8 Å². The van der Waals surface area contributed by atoms with Gasteiger partial charge in [-0.3, -0.25) is 0 Å². The molecule has 6 rings (SSSR count). The number of aliphatic hydroxyl groups is 1. The number of halogens is 1. The number of benzene rings is 5. The molecule has 0 amide bonds. The van der Waals surface area contributed by atoms with Gasteiger partial charge in [0.15, 0.2) is 5.79 Å². The summed E-state index contributed by atoms with van der Waals surface area (Å²) in [5.74, 6) is -0.863. The fourth-order valence-electron chi connectivity index (χ4n) is 6.11. The summed E-state index contributed by atoms with van der Waals surface area (Å²) in [5, 5.41) is 12.8. The summed E-state index contributed by atoms with van der Waals surface area (Å²) in [7, 11) is 0. The van der Waals surface area contributed by atoms with Gasteiger partial charge in [0.25, 0.3) is 0 Å². The Kier molecular flexibility index (Phi) is 12.1. The van der Waals surface area contributed by atoms with Gasteiger partial charge < -0.3 is 28.8 Å². The largest absolute Gasteiger partial charge is 0.494 e. The van der Waals surface area contributed by atoms with Gasteiger partial charge in [-0.15, -0.1) is 0 Å². The summed E-state index contributed by atoms with van der Waals surface area (Å²) in [6, 6.07) is 43.6. The maximum atomic E-state index is 12.3. The van der Waals surface area contributed by atoms with E-state index in [1.165, 1.54) is 0 Å². The normalized spacial score (nSPS) is 20.6. The van der Waals surface area contributed by atoms with E-state index in [0.29, 0.717) is 43.4 Å². The van der Waals surface area contributed by atoms with Gasteiger partial charge in [-0.25, -0.2) is 0 Å². The predicted molar refractivity (Wildman–Crippen MR) is 191 cm³/mol. The van der Waals surface area contributed by atoms with Crippen molar-refractivity contribution in [2.45, 2.75) is 63.7 Å². The third-order valence-electron chi connectivity index (χ3n) is 8.68. The second-order valence-corrected chi connectivity index (χ2v) is 12.7. The third-order valence-corrected chi connectivity index (χ3v) is 9.03. The highest BCUT2D eigenvalue weighted by atomic mass is 35.5. The second-order valence-electron chi connectivity index (χ2n) is 12.3. The van der Waals surface area contributed by atoms with E-state index in [2.05, 4.69) is 0 Å². The van der Waals surface area contributed by atoms with E-state index in [0.717, 1.165) is 33.6 Å². The van der Waals surface area contributed by atoms with Crippen molar-refractivity contribution >= 4 is 11.6 Å². The molecule has 4 atom stereocenters. The Morgan fingerprint density at radius 3 is 1.90 bits per heavy atom. The topological polar surface area (TPSA) is 66.4 Å². The first kappa shape index (κ1) is 34.8. The van der Waals surface area contributed by atoms with Gasteiger partial charge >= 0.3 is 0 Å². The summed E-state index contributed by atoms with van der Waals surface area (Å²) in [6.45, 7) is 3.88. The van der Waals surface area contributed by atoms with E-state index in [9.17, 15) is 5.11 Å². The van der Waals surface area contributed by atoms with Gasteiger partial charge in [-0.05, 0) is 59.4 Å². The fourth-order valence-corrected chi connectivity index (χ4v) is 6.36. The number of ether oxygens (including phenoxy) is 5. The Hall–Kier alpha value is -4.01. The first-order valence-electron chi connectivity index (χ1n) is 16.8. The monoisotopic (exact) mass is 678 g/mol. The maximum absolute atomic E-state index is 12.3. The van der Waals surface area contributed by atoms with Crippen LogP contribution in [-0.2, 0) is 51.0 Å². The summed E-state index contributed by atoms with van der Waals surface area (Å²) < 4.78 is 31.5. The SMILES string of the molecule is CCOc1ccc(Cc2ccc(C3(O)C[C@@H](OCc4ccccc4)[C@H](OCc4ccccc4)[C@@H](COCc4ccccc4)O3)cc2Cl)cc1. The van der Waals surface area contributed by atoms with Crippen LogP contribution in [-0.4, -0.2) is 36.6 Å². The summed E-state index contributed by atoms with van der Waals surface area (Å²) in [6.07, 6.45) is -0.902. The zero-order valence-electron chi connectivity index (χ0n) is 27.7. The Bertz CT molecular complexity index is 1720. The molecule has 0 radical (unpaired) electrons. The van der Waals surface area contributed by atoms with Gasteiger partial charge in [0.2, 0.25) is 0 Å². The molecule has 5 aromatic carbocycles. The molecule has 0 aromatic heterocycles. The summed E-state index contributed by atoms with van der Waals surface area (Å²) in [4.78, 5) is 0. The van der Waals surface area contributed by atoms with Crippen molar-refractivity contribution in [3.05, 3.63) is 172 Å². The van der Waals surface area contributed by atoms with E-state index in [1.54, 1.807) is 6.07 Å². The highest BCUT2D eigenvalue weighted by Crippen LogP contribution is 2.40. The molecule has 1 N–H and O–H groups in total. The molecule has 0 spiro atoms. The fraction of sp³-hybridized carbons (Fsp3) is 0.286. The van der Waals surface area contributed by atoms with Crippen LogP contribution in [0, 0.1) is 0 Å². The Labute approximate surface area is 294 Å². The molecule has 254 valence electrons. The van der Waals surface area contributed by atoms with E-state index in [1.807, 2.05) is 134 Å². The van der Waals surface area contributed by atoms with E-state index < -0.39 is 24.1 Å². The zero-order valence-corrected chi connectivity index (χ0v) is 28.5. The Morgan fingerprint density at radius 1 is 0.714 bits per heavy atom. The van der Waals surface area contributed by atoms with Crippen molar-refractivity contribution in [1.29, 1.82) is 0 Å². The van der Waals surface area contributed by atoms with Crippen LogP contribution in [0.1, 0.15) is 46.7 Å². The minimum Gasteiger partial charge on any atom is -0.494 e. The van der Waals surface area contributed by atoms with E-state index >= 15 is 0 Å². The quantitative estimate of drug-likeness (QED) is 0.120. The van der Waals surface area contributed by atoms with Gasteiger partial charge in [0.1, 0.15) is 18.0 Å². The average molecular weight is 679 g/mol. The molecule has 6 nitrogen and oxygen atoms in total. The lowest BCUT2D eigenvalue weighted by Gasteiger charge is -2.46. The lowest BCUT2D eigenvalue weighted by Crippen LogP contribution is -2.56. The molecular formula is C42H43ClO6. The molecule has 0 bridgehead atoms. The first-order valence-corrected chi connectivity index (χ1v) is 17.2. The third kappa shape index (κ3) is 9.58. The lowest BCUT2D eigenvalue weighted by atomic mass is 9.89. The molecule has 7 heteroatoms. The van der Waals surface area contributed by atoms with Crippen molar-refractivity contribution in [2.24, 2.45) is 0 Å². The minimum absolute atomic E-state index is 0.142. The molecule has 49 heavy (non-hydrogen) atoms. The molecule has 0 saturated carbocycles. The number of rotatable bonds is 15. The van der Waals surface area contributed by atoms with Crippen LogP contribution < -0.4 is 4.74 Å². The number of hydrogen-bond acceptors (Lipinski definition) is 6. The maximum Gasteiger partial charge on any atom is 0.195 e. The van der Waals surface area contributed by atoms with Crippen molar-refractivity contribution in [3.8, 4) is 5.75 Å². The lowest BCUT2D eigenvalue weighted by molar-refractivity contribution is -0.328. The van der Waals surface area contributed by atoms with E-state index in [-0.39, 0.29) is 13.0 Å². The van der Waals surface area contributed by atoms with Gasteiger partial charge in [0.05, 0.1) is 39.1 Å². The average Bonchev–Trinajstić information content (AvgIpc) is 3.13. The van der Waals surface area contributed by atoms with Crippen LogP contribution in [0.15, 0.2) is 133 Å². The molecule has 5 aromatic rings. The van der Waals surface area contributed by atoms with Crippen LogP contribution >= 0.6 is 11.6 Å². The van der Waals surface area contributed by atoms with Gasteiger partial charge in [0, 0.05) is 17.0 Å². The van der Waals surface area contributed by atoms with Crippen molar-refractivity contribution in [3.63, 3.8) is 0 Å². The van der Waals surface area contributed by atoms with Crippen molar-refractivity contribution in [1.82, 2.24) is 0 Å². The molecular weight excluding hydrogens is 636 g/mol. The van der Waals surface area contributed by atoms with Crippen LogP contribution in [0.25, 0.3) is 0 Å². The molecule has 1 aliphatic heterocycles. The number of hydrogen-bond donors (Lipinski definition) is 1. The summed E-state index contributed by atoms with van der Waals surface area (Å²) >= 11 is 6.88. The smallest absolute Gasteiger partial charge is 0.195 e. The zero-order chi connectivity index (χ0) is 33.9. The molecule has 1 aliphatic rings. The molecule has 0 aliphatic carbocycles. The highest BCUT2D eigenvalue weighted by Gasteiger charge is 2.49. The molecule has 1 heterocycles. The van der Waals surface area contributed by atoms with Crippen LogP contribution in [0.2, 0.25) is 5.02 Å². The highest BCUT2D eigenvalue weighted by molar-refractivity contribution is 6.31. The second kappa shape index (κ2) is 17.1. The predicted octanol–water partition coefficient (Wildman–Crippen LogP) is 8.65. The van der Waals surface area contributed by atoms with Crippen LogP contribution in [0.5, 0.6) is 5.75 Å². The Morgan fingerprint density at radius 2 is 1.31 bits per heavy atom. The minimum atomic E-state index is -1.70. The summed E-state index contributed by atoms with van der Waals surface area (Å²) in [5.41, 5.74) is 5.70. The van der Waals surface area contributed by atoms with Crippen molar-refractivity contribution in [2.75, 3.05) is 13.2 Å². The molecule has 1 fully saturated rings. The Balaban J connectivity index is 1.25. The van der Waals surface area contributed by atoms with Crippen LogP contribution in [0.4, 0.5) is 0 Å². The van der Waals surface area contributed by atoms with E-state index in [4.69, 9.17) is 35.3 Å². The standard InChI is InChI=1S/C42H43ClO6/c1-2-46-37-22-18-31(19-23-37)24-35-20-21-36(25-38(35)43)42(44)26-39(47-28-33-14-8-4-9-15-33)41(48-29-34-16-10-5-11-17-34)40(49-42)30-45-27-32-12-6-3-7-13-32/h3-23,25,39-41,44H,2,24,26-30H2,1H3/t39-,40-,41+,42?/m1/s1. The van der Waals surface area contributed by atoms with Gasteiger partial charge in [-0.1, -0.05) is 127 Å². The first-order chi connectivity index (χ1) is 24.0.